The van der Waals surface area contributed by atoms with Crippen molar-refractivity contribution in [3.05, 3.63) is 46.3 Å². The summed E-state index contributed by atoms with van der Waals surface area (Å²) < 4.78 is 0.803. The number of amides is 1. The van der Waals surface area contributed by atoms with Gasteiger partial charge < -0.3 is 0 Å². The smallest absolute Gasteiger partial charge is 0.234 e. The summed E-state index contributed by atoms with van der Waals surface area (Å²) in [5, 5.41) is 13.0. The molecule has 3 heterocycles. The number of rotatable bonds is 5. The molecule has 0 saturated carbocycles. The van der Waals surface area contributed by atoms with Gasteiger partial charge in [0.15, 0.2) is 10.1 Å². The predicted molar refractivity (Wildman–Crippen MR) is 106 cm³/mol. The average Bonchev–Trinajstić information content (AvgIpc) is 3.31. The SMILES string of the molecule is C=CCSc1nnc(N2C(=O)C[C@@H](c3ccsc3)C3=C2CCCC3=O)s1. The summed E-state index contributed by atoms with van der Waals surface area (Å²) in [6.07, 6.45) is 4.16. The lowest BCUT2D eigenvalue weighted by Crippen LogP contribution is -2.40. The van der Waals surface area contributed by atoms with Crippen molar-refractivity contribution < 1.29 is 9.59 Å². The maximum absolute atomic E-state index is 13.0. The van der Waals surface area contributed by atoms with Crippen LogP contribution in [0.4, 0.5) is 5.13 Å². The van der Waals surface area contributed by atoms with E-state index in [4.69, 9.17) is 0 Å². The van der Waals surface area contributed by atoms with Gasteiger partial charge in [0.1, 0.15) is 0 Å². The molecule has 0 fully saturated rings. The molecule has 2 aromatic heterocycles. The van der Waals surface area contributed by atoms with E-state index >= 15 is 0 Å². The zero-order valence-corrected chi connectivity index (χ0v) is 16.5. The van der Waals surface area contributed by atoms with E-state index in [0.717, 1.165) is 39.8 Å². The quantitative estimate of drug-likeness (QED) is 0.420. The molecular formula is C18H17N3O2S3. The van der Waals surface area contributed by atoms with E-state index in [2.05, 4.69) is 16.8 Å². The molecule has 0 aromatic carbocycles. The maximum atomic E-state index is 13.0. The molecule has 1 aliphatic heterocycles. The molecule has 8 heteroatoms. The van der Waals surface area contributed by atoms with Gasteiger partial charge in [-0.25, -0.2) is 0 Å². The minimum absolute atomic E-state index is 0.00827. The van der Waals surface area contributed by atoms with Gasteiger partial charge in [-0.2, -0.15) is 11.3 Å². The Labute approximate surface area is 163 Å². The fourth-order valence-electron chi connectivity index (χ4n) is 3.45. The number of thioether (sulfide) groups is 1. The van der Waals surface area contributed by atoms with Crippen molar-refractivity contribution in [3.8, 4) is 0 Å². The van der Waals surface area contributed by atoms with E-state index in [-0.39, 0.29) is 17.6 Å². The van der Waals surface area contributed by atoms with Gasteiger partial charge in [-0.1, -0.05) is 29.2 Å². The molecule has 4 rings (SSSR count). The van der Waals surface area contributed by atoms with Crippen LogP contribution in [0.15, 0.2) is 45.1 Å². The van der Waals surface area contributed by atoms with E-state index in [0.29, 0.717) is 18.0 Å². The number of carbonyl (C=O) groups excluding carboxylic acids is 2. The summed E-state index contributed by atoms with van der Waals surface area (Å²) in [6.45, 7) is 3.71. The number of Topliss-reactive ketones (excluding diaryl/α,β-unsaturated/α-hetero) is 1. The highest BCUT2D eigenvalue weighted by atomic mass is 32.2. The number of carbonyl (C=O) groups is 2. The molecule has 1 atom stereocenters. The Bertz CT molecular complexity index is 885. The van der Waals surface area contributed by atoms with Crippen LogP contribution in [0.2, 0.25) is 0 Å². The van der Waals surface area contributed by atoms with Crippen LogP contribution in [0, 0.1) is 0 Å². The first-order valence-corrected chi connectivity index (χ1v) is 11.1. The summed E-state index contributed by atoms with van der Waals surface area (Å²) in [5.41, 5.74) is 2.68. The summed E-state index contributed by atoms with van der Waals surface area (Å²) in [4.78, 5) is 27.4. The molecule has 0 unspecified atom stereocenters. The van der Waals surface area contributed by atoms with Gasteiger partial charge in [-0.15, -0.1) is 16.8 Å². The molecule has 134 valence electrons. The number of aromatic nitrogens is 2. The second-order valence-corrected chi connectivity index (χ2v) is 9.13. The topological polar surface area (TPSA) is 63.2 Å². The molecule has 0 bridgehead atoms. The summed E-state index contributed by atoms with van der Waals surface area (Å²) >= 11 is 4.53. The van der Waals surface area contributed by atoms with Gasteiger partial charge in [-0.05, 0) is 35.2 Å². The standard InChI is InChI=1S/C18H17N3O2S3/c1-2-7-25-18-20-19-17(26-18)21-13-4-3-5-14(22)16(13)12(9-15(21)23)11-6-8-24-10-11/h2,6,8,10,12H,1,3-5,7,9H2/t12-/m0/s1. The fraction of sp³-hybridized carbons (Fsp3) is 0.333. The van der Waals surface area contributed by atoms with Gasteiger partial charge in [-0.3, -0.25) is 14.5 Å². The molecule has 2 aliphatic rings. The predicted octanol–water partition coefficient (Wildman–Crippen LogP) is 4.41. The first kappa shape index (κ1) is 17.6. The van der Waals surface area contributed by atoms with E-state index in [1.807, 2.05) is 22.9 Å². The molecule has 0 radical (unpaired) electrons. The van der Waals surface area contributed by atoms with Crippen molar-refractivity contribution in [2.24, 2.45) is 0 Å². The van der Waals surface area contributed by atoms with Gasteiger partial charge in [0.05, 0.1) is 0 Å². The molecule has 1 aliphatic carbocycles. The van der Waals surface area contributed by atoms with Gasteiger partial charge >= 0.3 is 0 Å². The largest absolute Gasteiger partial charge is 0.294 e. The van der Waals surface area contributed by atoms with Crippen molar-refractivity contribution in [2.45, 2.75) is 35.9 Å². The summed E-state index contributed by atoms with van der Waals surface area (Å²) in [5.74, 6) is 0.766. The lowest BCUT2D eigenvalue weighted by molar-refractivity contribution is -0.119. The van der Waals surface area contributed by atoms with Crippen LogP contribution in [0.1, 0.15) is 37.2 Å². The minimum Gasteiger partial charge on any atom is -0.294 e. The highest BCUT2D eigenvalue weighted by Gasteiger charge is 2.40. The van der Waals surface area contributed by atoms with Crippen LogP contribution in [-0.2, 0) is 9.59 Å². The van der Waals surface area contributed by atoms with Crippen molar-refractivity contribution in [1.82, 2.24) is 10.2 Å². The second-order valence-electron chi connectivity index (χ2n) is 6.13. The van der Waals surface area contributed by atoms with Crippen LogP contribution in [0.3, 0.4) is 0 Å². The van der Waals surface area contributed by atoms with Gasteiger partial charge in [0.2, 0.25) is 11.0 Å². The third-order valence-electron chi connectivity index (χ3n) is 4.53. The monoisotopic (exact) mass is 403 g/mol. The Morgan fingerprint density at radius 1 is 1.35 bits per heavy atom. The summed E-state index contributed by atoms with van der Waals surface area (Å²) in [6, 6.07) is 2.01. The van der Waals surface area contributed by atoms with Crippen molar-refractivity contribution in [1.29, 1.82) is 0 Å². The molecule has 0 N–H and O–H groups in total. The normalized spacial score (nSPS) is 20.5. The van der Waals surface area contributed by atoms with Crippen LogP contribution >= 0.6 is 34.4 Å². The Morgan fingerprint density at radius 3 is 3.00 bits per heavy atom. The molecule has 0 saturated heterocycles. The minimum atomic E-state index is -0.129. The number of allylic oxidation sites excluding steroid dienone is 2. The number of nitrogens with zero attached hydrogens (tertiary/aromatic N) is 3. The fourth-order valence-corrected chi connectivity index (χ4v) is 5.81. The lowest BCUT2D eigenvalue weighted by Gasteiger charge is -2.36. The van der Waals surface area contributed by atoms with E-state index < -0.39 is 0 Å². The molecule has 2 aromatic rings. The number of anilines is 1. The molecule has 1 amide bonds. The molecule has 5 nitrogen and oxygen atoms in total. The Morgan fingerprint density at radius 2 is 2.23 bits per heavy atom. The van der Waals surface area contributed by atoms with Crippen molar-refractivity contribution >= 4 is 51.3 Å². The number of hydrogen-bond acceptors (Lipinski definition) is 7. The summed E-state index contributed by atoms with van der Waals surface area (Å²) in [7, 11) is 0. The third kappa shape index (κ3) is 3.17. The highest BCUT2D eigenvalue weighted by Crippen LogP contribution is 2.44. The van der Waals surface area contributed by atoms with Crippen LogP contribution in [-0.4, -0.2) is 27.6 Å². The Hall–Kier alpha value is -1.77. The van der Waals surface area contributed by atoms with E-state index in [1.54, 1.807) is 28.0 Å². The molecule has 26 heavy (non-hydrogen) atoms. The first-order valence-electron chi connectivity index (χ1n) is 8.37. The molecular weight excluding hydrogens is 386 g/mol. The number of thiophene rings is 1. The highest BCUT2D eigenvalue weighted by molar-refractivity contribution is 8.01. The number of ketones is 1. The van der Waals surface area contributed by atoms with Crippen LogP contribution < -0.4 is 4.90 Å². The second kappa shape index (κ2) is 7.46. The van der Waals surface area contributed by atoms with Crippen LogP contribution in [0.5, 0.6) is 0 Å². The zero-order chi connectivity index (χ0) is 18.1. The average molecular weight is 404 g/mol. The first-order chi connectivity index (χ1) is 12.7. The van der Waals surface area contributed by atoms with Crippen LogP contribution in [0.25, 0.3) is 0 Å². The van der Waals surface area contributed by atoms with Gasteiger partial charge in [0, 0.05) is 35.8 Å². The third-order valence-corrected chi connectivity index (χ3v) is 7.27. The lowest BCUT2D eigenvalue weighted by atomic mass is 9.78. The van der Waals surface area contributed by atoms with E-state index in [9.17, 15) is 9.59 Å². The maximum Gasteiger partial charge on any atom is 0.234 e. The van der Waals surface area contributed by atoms with Crippen molar-refractivity contribution in [3.63, 3.8) is 0 Å². The number of hydrogen-bond donors (Lipinski definition) is 0. The van der Waals surface area contributed by atoms with Crippen molar-refractivity contribution in [2.75, 3.05) is 10.7 Å². The molecule has 0 spiro atoms. The zero-order valence-electron chi connectivity index (χ0n) is 14.0. The Balaban J connectivity index is 1.75. The Kier molecular flexibility index (Phi) is 5.06. The van der Waals surface area contributed by atoms with E-state index in [1.165, 1.54) is 11.3 Å². The van der Waals surface area contributed by atoms with Gasteiger partial charge in [0.25, 0.3) is 0 Å².